The summed E-state index contributed by atoms with van der Waals surface area (Å²) in [5.41, 5.74) is -0.419. The molecular formula is C13H20N2NaO3+. The van der Waals surface area contributed by atoms with Gasteiger partial charge in [0.1, 0.15) is 5.41 Å². The normalized spacial score (nSPS) is 18.5. The van der Waals surface area contributed by atoms with Crippen LogP contribution in [-0.2, 0) is 9.59 Å². The topological polar surface area (TPSA) is 75.3 Å². The molecule has 6 heteroatoms. The Balaban J connectivity index is 0.00000324. The van der Waals surface area contributed by atoms with Crippen LogP contribution in [0.4, 0.5) is 4.79 Å². The standard InChI is InChI=1S/C13H20N2O3.Na/c1-4-7-9(8-5-2)13(6-3)10(16)14-12(18)15-11(13)17;/h7H,4-6,8H2,1-3H3,(H2,14,15,16,17,18);/q;+1/b9-7+;. The van der Waals surface area contributed by atoms with Gasteiger partial charge in [-0.25, -0.2) is 4.79 Å². The van der Waals surface area contributed by atoms with Crippen LogP contribution in [0.1, 0.15) is 46.5 Å². The van der Waals surface area contributed by atoms with Gasteiger partial charge in [0.15, 0.2) is 0 Å². The van der Waals surface area contributed by atoms with Crippen molar-refractivity contribution in [2.45, 2.75) is 46.5 Å². The summed E-state index contributed by atoms with van der Waals surface area (Å²) in [5.74, 6) is -1.01. The number of hydrogen-bond donors (Lipinski definition) is 2. The molecule has 100 valence electrons. The summed E-state index contributed by atoms with van der Waals surface area (Å²) in [4.78, 5) is 35.4. The van der Waals surface area contributed by atoms with Gasteiger partial charge < -0.3 is 0 Å². The molecule has 0 spiro atoms. The van der Waals surface area contributed by atoms with Crippen LogP contribution in [0.15, 0.2) is 11.6 Å². The molecule has 4 amide bonds. The van der Waals surface area contributed by atoms with Gasteiger partial charge in [0, 0.05) is 0 Å². The van der Waals surface area contributed by atoms with Crippen LogP contribution in [0.5, 0.6) is 0 Å². The largest absolute Gasteiger partial charge is 1.00 e. The first kappa shape index (κ1) is 18.4. The zero-order valence-electron chi connectivity index (χ0n) is 12.1. The molecule has 0 atom stereocenters. The van der Waals surface area contributed by atoms with Crippen molar-refractivity contribution in [3.63, 3.8) is 0 Å². The molecule has 0 radical (unpaired) electrons. The van der Waals surface area contributed by atoms with Gasteiger partial charge in [0.05, 0.1) is 0 Å². The smallest absolute Gasteiger partial charge is 0.277 e. The number of carbonyl (C=O) groups is 3. The molecule has 0 aromatic carbocycles. The molecule has 2 N–H and O–H groups in total. The van der Waals surface area contributed by atoms with E-state index in [2.05, 4.69) is 10.6 Å². The quantitative estimate of drug-likeness (QED) is 0.379. The molecular weight excluding hydrogens is 255 g/mol. The average molecular weight is 275 g/mol. The zero-order chi connectivity index (χ0) is 13.8. The van der Waals surface area contributed by atoms with Gasteiger partial charge in [0.25, 0.3) is 0 Å². The zero-order valence-corrected chi connectivity index (χ0v) is 14.1. The Morgan fingerprint density at radius 2 is 1.63 bits per heavy atom. The Hall–Kier alpha value is -0.650. The van der Waals surface area contributed by atoms with Crippen LogP contribution in [0.3, 0.4) is 0 Å². The van der Waals surface area contributed by atoms with E-state index in [4.69, 9.17) is 0 Å². The summed E-state index contributed by atoms with van der Waals surface area (Å²) in [6.07, 6.45) is 4.55. The van der Waals surface area contributed by atoms with Gasteiger partial charge in [-0.15, -0.1) is 0 Å². The van der Waals surface area contributed by atoms with Gasteiger partial charge >= 0.3 is 35.6 Å². The maximum absolute atomic E-state index is 12.1. The van der Waals surface area contributed by atoms with Crippen molar-refractivity contribution in [2.75, 3.05) is 0 Å². The molecule has 1 rings (SSSR count). The summed E-state index contributed by atoms with van der Waals surface area (Å²) >= 11 is 0. The van der Waals surface area contributed by atoms with Crippen LogP contribution in [0, 0.1) is 5.41 Å². The second-order valence-corrected chi connectivity index (χ2v) is 4.38. The summed E-state index contributed by atoms with van der Waals surface area (Å²) in [7, 11) is 0. The predicted octanol–water partition coefficient (Wildman–Crippen LogP) is -1.11. The minimum Gasteiger partial charge on any atom is -0.277 e. The Bertz CT molecular complexity index is 385. The van der Waals surface area contributed by atoms with Crippen molar-refractivity contribution in [1.29, 1.82) is 0 Å². The first-order valence-corrected chi connectivity index (χ1v) is 6.39. The first-order valence-electron chi connectivity index (χ1n) is 6.39. The van der Waals surface area contributed by atoms with Gasteiger partial charge in [-0.05, 0) is 24.8 Å². The van der Waals surface area contributed by atoms with Crippen molar-refractivity contribution >= 4 is 17.8 Å². The number of imide groups is 2. The van der Waals surface area contributed by atoms with Gasteiger partial charge in [0.2, 0.25) is 11.8 Å². The molecule has 1 fully saturated rings. The molecule has 1 saturated heterocycles. The molecule has 1 aliphatic rings. The molecule has 1 aliphatic heterocycles. The summed E-state index contributed by atoms with van der Waals surface area (Å²) in [6.45, 7) is 5.74. The van der Waals surface area contributed by atoms with Gasteiger partial charge in [-0.3, -0.25) is 20.2 Å². The number of urea groups is 1. The van der Waals surface area contributed by atoms with Crippen LogP contribution in [0.2, 0.25) is 0 Å². The van der Waals surface area contributed by atoms with Crippen LogP contribution in [-0.4, -0.2) is 17.8 Å². The summed E-state index contributed by atoms with van der Waals surface area (Å²) in [6, 6.07) is -0.735. The number of nitrogens with one attached hydrogen (secondary N) is 2. The number of carbonyl (C=O) groups excluding carboxylic acids is 3. The minimum absolute atomic E-state index is 0. The third-order valence-electron chi connectivity index (χ3n) is 3.28. The van der Waals surface area contributed by atoms with Gasteiger partial charge in [-0.1, -0.05) is 33.3 Å². The van der Waals surface area contributed by atoms with E-state index in [1.807, 2.05) is 19.9 Å². The number of amides is 4. The van der Waals surface area contributed by atoms with E-state index in [1.165, 1.54) is 0 Å². The fourth-order valence-electron chi connectivity index (χ4n) is 2.40. The maximum atomic E-state index is 12.1. The second-order valence-electron chi connectivity index (χ2n) is 4.38. The fraction of sp³-hybridized carbons (Fsp3) is 0.615. The number of barbiturate groups is 1. The van der Waals surface area contributed by atoms with Crippen LogP contribution in [0.25, 0.3) is 0 Å². The predicted molar refractivity (Wildman–Crippen MR) is 67.7 cm³/mol. The third-order valence-corrected chi connectivity index (χ3v) is 3.28. The molecule has 0 aromatic rings. The monoisotopic (exact) mass is 275 g/mol. The Morgan fingerprint density at radius 1 is 1.11 bits per heavy atom. The van der Waals surface area contributed by atoms with Crippen molar-refractivity contribution in [1.82, 2.24) is 10.6 Å². The van der Waals surface area contributed by atoms with Crippen molar-refractivity contribution in [3.05, 3.63) is 11.6 Å². The summed E-state index contributed by atoms with van der Waals surface area (Å²) < 4.78 is 0. The molecule has 0 bridgehead atoms. The molecule has 1 heterocycles. The number of hydrogen-bond acceptors (Lipinski definition) is 3. The molecule has 19 heavy (non-hydrogen) atoms. The number of rotatable bonds is 5. The second kappa shape index (κ2) is 7.82. The van der Waals surface area contributed by atoms with Crippen molar-refractivity contribution in [3.8, 4) is 0 Å². The third kappa shape index (κ3) is 3.46. The van der Waals surface area contributed by atoms with Crippen molar-refractivity contribution < 1.29 is 43.9 Å². The van der Waals surface area contributed by atoms with Gasteiger partial charge in [-0.2, -0.15) is 0 Å². The van der Waals surface area contributed by atoms with E-state index >= 15 is 0 Å². The van der Waals surface area contributed by atoms with Crippen LogP contribution >= 0.6 is 0 Å². The van der Waals surface area contributed by atoms with E-state index in [0.29, 0.717) is 12.8 Å². The van der Waals surface area contributed by atoms with E-state index in [9.17, 15) is 14.4 Å². The first-order chi connectivity index (χ1) is 8.52. The SMILES string of the molecule is CC/C=C(\CCC)C1(CC)C(=O)NC(=O)NC1=O.[Na+]. The van der Waals surface area contributed by atoms with E-state index in [-0.39, 0.29) is 29.6 Å². The maximum Gasteiger partial charge on any atom is 1.00 e. The average Bonchev–Trinajstić information content (AvgIpc) is 2.29. The fourth-order valence-corrected chi connectivity index (χ4v) is 2.40. The molecule has 5 nitrogen and oxygen atoms in total. The Morgan fingerprint density at radius 3 is 2.00 bits per heavy atom. The Labute approximate surface area is 135 Å². The Kier molecular flexibility index (Phi) is 7.55. The van der Waals surface area contributed by atoms with E-state index in [1.54, 1.807) is 6.92 Å². The van der Waals surface area contributed by atoms with Crippen molar-refractivity contribution in [2.24, 2.45) is 5.41 Å². The minimum atomic E-state index is -1.22. The summed E-state index contributed by atoms with van der Waals surface area (Å²) in [5, 5.41) is 4.40. The van der Waals surface area contributed by atoms with E-state index < -0.39 is 23.3 Å². The molecule has 0 aromatic heterocycles. The van der Waals surface area contributed by atoms with E-state index in [0.717, 1.165) is 18.4 Å². The number of allylic oxidation sites excluding steroid dienone is 1. The van der Waals surface area contributed by atoms with Crippen LogP contribution < -0.4 is 40.2 Å². The molecule has 0 aliphatic carbocycles. The molecule has 0 unspecified atom stereocenters. The molecule has 0 saturated carbocycles.